The number of amides is 1. The summed E-state index contributed by atoms with van der Waals surface area (Å²) in [4.78, 5) is 14.5. The smallest absolute Gasteiger partial charge is 0.410 e. The Morgan fingerprint density at radius 1 is 1.00 bits per heavy atom. The quantitative estimate of drug-likeness (QED) is 0.319. The molecule has 2 heterocycles. The summed E-state index contributed by atoms with van der Waals surface area (Å²) >= 11 is 0. The van der Waals surface area contributed by atoms with Crippen LogP contribution in [0.2, 0.25) is 0 Å². The van der Waals surface area contributed by atoms with Gasteiger partial charge in [0.25, 0.3) is 0 Å². The lowest BCUT2D eigenvalue weighted by atomic mass is 9.69. The molecule has 1 atom stereocenters. The number of unbranched alkanes of at least 4 members (excludes halogenated alkanes) is 1. The molecule has 0 bridgehead atoms. The highest BCUT2D eigenvalue weighted by Gasteiger charge is 2.56. The third-order valence-corrected chi connectivity index (χ3v) is 7.26. The number of likely N-dealkylation sites (tertiary alicyclic amines) is 1. The number of aliphatic hydroxyl groups is 1. The molecule has 1 N–H and O–H groups in total. The van der Waals surface area contributed by atoms with Gasteiger partial charge in [-0.3, -0.25) is 0 Å². The van der Waals surface area contributed by atoms with Gasteiger partial charge >= 0.3 is 6.09 Å². The van der Waals surface area contributed by atoms with E-state index < -0.39 is 16.8 Å². The molecule has 4 rings (SSSR count). The van der Waals surface area contributed by atoms with Crippen LogP contribution in [0.5, 0.6) is 11.6 Å². The molecule has 1 aromatic heterocycles. The Hall–Kier alpha value is -3.65. The first-order valence-electron chi connectivity index (χ1n) is 14.1. The van der Waals surface area contributed by atoms with Gasteiger partial charge in [-0.25, -0.2) is 4.79 Å². The lowest BCUT2D eigenvalue weighted by Gasteiger charge is -2.51. The summed E-state index contributed by atoms with van der Waals surface area (Å²) in [5.74, 6) is 0.953. The molecular weight excluding hydrogens is 506 g/mol. The van der Waals surface area contributed by atoms with Gasteiger partial charge in [0, 0.05) is 30.9 Å². The van der Waals surface area contributed by atoms with Gasteiger partial charge < -0.3 is 24.2 Å². The fourth-order valence-electron chi connectivity index (χ4n) is 5.22. The largest absolute Gasteiger partial charge is 0.488 e. The van der Waals surface area contributed by atoms with Crippen molar-refractivity contribution in [1.29, 1.82) is 0 Å². The minimum absolute atomic E-state index is 0.295. The van der Waals surface area contributed by atoms with Gasteiger partial charge in [0.2, 0.25) is 5.88 Å². The van der Waals surface area contributed by atoms with Gasteiger partial charge in [-0.1, -0.05) is 61.9 Å². The van der Waals surface area contributed by atoms with Crippen molar-refractivity contribution in [3.8, 4) is 11.6 Å². The standard InChI is InChI=1S/C32H41N3O5/c1-5-6-18-32(39-28-17-12-21-33-34-28,31(37)19-22-35(23-20-31)29(36)40-30(2,3)4)26-15-10-11-16-27(26)38-24-25-13-8-7-9-14-25/h7-17,21,37H,5-6,18-20,22-24H2,1-4H3. The molecule has 1 aliphatic heterocycles. The molecule has 40 heavy (non-hydrogen) atoms. The number of nitrogens with zero attached hydrogens (tertiary/aromatic N) is 3. The van der Waals surface area contributed by atoms with Gasteiger partial charge in [-0.2, -0.15) is 5.10 Å². The number of rotatable bonds is 10. The van der Waals surface area contributed by atoms with Crippen LogP contribution in [-0.4, -0.2) is 50.6 Å². The second-order valence-corrected chi connectivity index (χ2v) is 11.4. The van der Waals surface area contributed by atoms with Crippen LogP contribution < -0.4 is 9.47 Å². The van der Waals surface area contributed by atoms with Crippen LogP contribution >= 0.6 is 0 Å². The first-order valence-corrected chi connectivity index (χ1v) is 14.1. The first-order chi connectivity index (χ1) is 19.2. The van der Waals surface area contributed by atoms with Gasteiger partial charge in [0.05, 0.1) is 0 Å². The van der Waals surface area contributed by atoms with E-state index in [4.69, 9.17) is 14.2 Å². The summed E-state index contributed by atoms with van der Waals surface area (Å²) in [5.41, 5.74) is -1.34. The summed E-state index contributed by atoms with van der Waals surface area (Å²) < 4.78 is 18.8. The molecule has 0 radical (unpaired) electrons. The maximum atomic E-state index is 12.8. The highest BCUT2D eigenvalue weighted by molar-refractivity contribution is 5.68. The van der Waals surface area contributed by atoms with Crippen molar-refractivity contribution in [2.45, 2.75) is 83.2 Å². The van der Waals surface area contributed by atoms with Gasteiger partial charge in [-0.15, -0.1) is 5.10 Å². The zero-order valence-electron chi connectivity index (χ0n) is 24.0. The van der Waals surface area contributed by atoms with Crippen molar-refractivity contribution in [2.24, 2.45) is 0 Å². The second-order valence-electron chi connectivity index (χ2n) is 11.4. The molecule has 0 spiro atoms. The third kappa shape index (κ3) is 6.91. The van der Waals surface area contributed by atoms with Crippen molar-refractivity contribution in [2.75, 3.05) is 13.1 Å². The van der Waals surface area contributed by atoms with Crippen LogP contribution in [0.3, 0.4) is 0 Å². The molecule has 2 aromatic carbocycles. The molecule has 1 unspecified atom stereocenters. The van der Waals surface area contributed by atoms with Gasteiger partial charge in [0.1, 0.15) is 23.6 Å². The number of aromatic nitrogens is 2. The molecule has 3 aromatic rings. The highest BCUT2D eigenvalue weighted by atomic mass is 16.6. The lowest BCUT2D eigenvalue weighted by molar-refractivity contribution is -0.172. The normalized spacial score (nSPS) is 16.6. The molecule has 1 aliphatic rings. The third-order valence-electron chi connectivity index (χ3n) is 7.26. The Kier molecular flexibility index (Phi) is 9.30. The first kappa shape index (κ1) is 29.3. The Morgan fingerprint density at radius 3 is 2.35 bits per heavy atom. The van der Waals surface area contributed by atoms with E-state index >= 15 is 0 Å². The Labute approximate surface area is 237 Å². The molecule has 8 nitrogen and oxygen atoms in total. The average Bonchev–Trinajstić information content (AvgIpc) is 2.95. The number of carbonyl (C=O) groups excluding carboxylic acids is 1. The van der Waals surface area contributed by atoms with E-state index in [1.165, 1.54) is 0 Å². The van der Waals surface area contributed by atoms with E-state index in [1.807, 2.05) is 75.4 Å². The van der Waals surface area contributed by atoms with Gasteiger partial charge in [-0.05, 0) is 64.2 Å². The second kappa shape index (κ2) is 12.7. The monoisotopic (exact) mass is 547 g/mol. The minimum Gasteiger partial charge on any atom is -0.488 e. The maximum Gasteiger partial charge on any atom is 0.410 e. The molecule has 1 fully saturated rings. The van der Waals surface area contributed by atoms with Crippen LogP contribution in [0, 0.1) is 0 Å². The van der Waals surface area contributed by atoms with Crippen molar-refractivity contribution in [3.63, 3.8) is 0 Å². The van der Waals surface area contributed by atoms with Crippen LogP contribution in [0.4, 0.5) is 4.79 Å². The van der Waals surface area contributed by atoms with E-state index in [0.29, 0.717) is 50.6 Å². The number of piperidine rings is 1. The Bertz CT molecular complexity index is 1220. The lowest BCUT2D eigenvalue weighted by Crippen LogP contribution is -2.61. The highest BCUT2D eigenvalue weighted by Crippen LogP contribution is 2.49. The molecule has 1 saturated heterocycles. The zero-order valence-corrected chi connectivity index (χ0v) is 24.0. The van der Waals surface area contributed by atoms with E-state index in [2.05, 4.69) is 17.1 Å². The van der Waals surface area contributed by atoms with Crippen molar-refractivity contribution in [3.05, 3.63) is 84.1 Å². The molecule has 1 amide bonds. The molecule has 0 saturated carbocycles. The predicted molar refractivity (Wildman–Crippen MR) is 153 cm³/mol. The van der Waals surface area contributed by atoms with Crippen LogP contribution in [0.25, 0.3) is 0 Å². The fraction of sp³-hybridized carbons (Fsp3) is 0.469. The molecule has 214 valence electrons. The van der Waals surface area contributed by atoms with E-state index in [9.17, 15) is 9.90 Å². The number of benzene rings is 2. The summed E-state index contributed by atoms with van der Waals surface area (Å²) in [5, 5.41) is 20.8. The summed E-state index contributed by atoms with van der Waals surface area (Å²) in [6.07, 6.45) is 4.02. The average molecular weight is 548 g/mol. The summed E-state index contributed by atoms with van der Waals surface area (Å²) in [6.45, 7) is 8.69. The minimum atomic E-state index is -1.33. The molecule has 8 heteroatoms. The maximum absolute atomic E-state index is 12.8. The van der Waals surface area contributed by atoms with Crippen molar-refractivity contribution < 1.29 is 24.1 Å². The number of carbonyl (C=O) groups is 1. The predicted octanol–water partition coefficient (Wildman–Crippen LogP) is 6.28. The summed E-state index contributed by atoms with van der Waals surface area (Å²) in [7, 11) is 0. The van der Waals surface area contributed by atoms with Crippen molar-refractivity contribution >= 4 is 6.09 Å². The number of hydrogen-bond acceptors (Lipinski definition) is 7. The van der Waals surface area contributed by atoms with Crippen LogP contribution in [0.15, 0.2) is 72.9 Å². The number of hydrogen-bond donors (Lipinski definition) is 1. The van der Waals surface area contributed by atoms with E-state index in [-0.39, 0.29) is 6.09 Å². The Balaban J connectivity index is 1.73. The summed E-state index contributed by atoms with van der Waals surface area (Å²) in [6, 6.07) is 21.2. The van der Waals surface area contributed by atoms with Crippen molar-refractivity contribution in [1.82, 2.24) is 15.1 Å². The van der Waals surface area contributed by atoms with Crippen LogP contribution in [-0.2, 0) is 16.9 Å². The van der Waals surface area contributed by atoms with E-state index in [1.54, 1.807) is 23.2 Å². The number of para-hydroxylation sites is 1. The number of ether oxygens (including phenoxy) is 3. The fourth-order valence-corrected chi connectivity index (χ4v) is 5.22. The Morgan fingerprint density at radius 2 is 1.70 bits per heavy atom. The molecule has 0 aliphatic carbocycles. The van der Waals surface area contributed by atoms with Gasteiger partial charge in [0.15, 0.2) is 5.60 Å². The van der Waals surface area contributed by atoms with Crippen LogP contribution in [0.1, 0.15) is 70.9 Å². The zero-order chi connectivity index (χ0) is 28.6. The molecular formula is C32H41N3O5. The topological polar surface area (TPSA) is 94.0 Å². The SMILES string of the molecule is CCCCC(Oc1cccnn1)(c1ccccc1OCc1ccccc1)C1(O)CCN(C(=O)OC(C)(C)C)CC1. The van der Waals surface area contributed by atoms with E-state index in [0.717, 1.165) is 24.0 Å².